The fraction of sp³-hybridized carbons (Fsp3) is 0. The molecule has 0 saturated heterocycles. The molecule has 2 aromatic rings. The molecule has 0 atom stereocenters. The van der Waals surface area contributed by atoms with Crippen LogP contribution in [0.5, 0.6) is 0 Å². The van der Waals surface area contributed by atoms with E-state index in [4.69, 9.17) is 11.6 Å². The Labute approximate surface area is 106 Å². The lowest BCUT2D eigenvalue weighted by molar-refractivity contribution is 0.632. The Balaban J connectivity index is 2.26. The minimum atomic E-state index is -0.367. The fourth-order valence-corrected chi connectivity index (χ4v) is 1.59. The SMILES string of the molecule is Fc1ccc(Cl)cc1Nc1ccc(Br)cn1. The maximum Gasteiger partial charge on any atom is 0.146 e. The Morgan fingerprint density at radius 3 is 2.75 bits per heavy atom. The Kier molecular flexibility index (Phi) is 3.41. The van der Waals surface area contributed by atoms with Crippen molar-refractivity contribution in [3.05, 3.63) is 51.8 Å². The molecule has 0 saturated carbocycles. The van der Waals surface area contributed by atoms with Crippen LogP contribution >= 0.6 is 27.5 Å². The standard InChI is InChI=1S/C11H7BrClFN2/c12-7-1-4-11(15-6-7)16-10-5-8(13)2-3-9(10)14/h1-6H,(H,15,16). The zero-order chi connectivity index (χ0) is 11.5. The van der Waals surface area contributed by atoms with Crippen LogP contribution in [0.25, 0.3) is 0 Å². The van der Waals surface area contributed by atoms with Crippen LogP contribution in [0.15, 0.2) is 41.0 Å². The number of pyridine rings is 1. The first kappa shape index (κ1) is 11.4. The number of nitrogens with zero attached hydrogens (tertiary/aromatic N) is 1. The monoisotopic (exact) mass is 300 g/mol. The van der Waals surface area contributed by atoms with E-state index in [-0.39, 0.29) is 5.82 Å². The third-order valence-electron chi connectivity index (χ3n) is 1.92. The molecule has 2 nitrogen and oxygen atoms in total. The molecule has 0 aliphatic carbocycles. The Bertz CT molecular complexity index is 502. The molecule has 2 rings (SSSR count). The van der Waals surface area contributed by atoms with Gasteiger partial charge < -0.3 is 5.32 Å². The summed E-state index contributed by atoms with van der Waals surface area (Å²) >= 11 is 9.05. The van der Waals surface area contributed by atoms with Crippen LogP contribution in [0, 0.1) is 5.82 Å². The summed E-state index contributed by atoms with van der Waals surface area (Å²) in [6.45, 7) is 0. The van der Waals surface area contributed by atoms with Crippen molar-refractivity contribution in [1.29, 1.82) is 0 Å². The second kappa shape index (κ2) is 4.80. The number of rotatable bonds is 2. The zero-order valence-corrected chi connectivity index (χ0v) is 10.4. The molecule has 0 amide bonds. The van der Waals surface area contributed by atoms with Gasteiger partial charge in [-0.2, -0.15) is 0 Å². The quantitative estimate of drug-likeness (QED) is 0.890. The molecule has 1 aromatic heterocycles. The van der Waals surface area contributed by atoms with E-state index >= 15 is 0 Å². The second-order valence-corrected chi connectivity index (χ2v) is 4.46. The van der Waals surface area contributed by atoms with Crippen LogP contribution in [0.2, 0.25) is 5.02 Å². The van der Waals surface area contributed by atoms with Crippen LogP contribution in [-0.4, -0.2) is 4.98 Å². The highest BCUT2D eigenvalue weighted by atomic mass is 79.9. The van der Waals surface area contributed by atoms with Gasteiger partial charge in [0.15, 0.2) is 0 Å². The van der Waals surface area contributed by atoms with Crippen LogP contribution in [0.3, 0.4) is 0 Å². The average molecular weight is 302 g/mol. The third kappa shape index (κ3) is 2.71. The molecule has 0 fully saturated rings. The molecule has 0 aliphatic rings. The van der Waals surface area contributed by atoms with Gasteiger partial charge in [-0.1, -0.05) is 11.6 Å². The molecule has 0 radical (unpaired) electrons. The molecule has 0 unspecified atom stereocenters. The largest absolute Gasteiger partial charge is 0.338 e. The smallest absolute Gasteiger partial charge is 0.146 e. The lowest BCUT2D eigenvalue weighted by atomic mass is 10.3. The van der Waals surface area contributed by atoms with Crippen LogP contribution in [0.4, 0.5) is 15.9 Å². The van der Waals surface area contributed by atoms with E-state index in [0.29, 0.717) is 16.5 Å². The fourth-order valence-electron chi connectivity index (χ4n) is 1.18. The van der Waals surface area contributed by atoms with Gasteiger partial charge in [-0.15, -0.1) is 0 Å². The number of benzene rings is 1. The molecule has 0 aliphatic heterocycles. The first-order chi connectivity index (χ1) is 7.65. The molecule has 0 spiro atoms. The number of hydrogen-bond donors (Lipinski definition) is 1. The number of aromatic nitrogens is 1. The summed E-state index contributed by atoms with van der Waals surface area (Å²) in [5.41, 5.74) is 0.308. The summed E-state index contributed by atoms with van der Waals surface area (Å²) in [7, 11) is 0. The highest BCUT2D eigenvalue weighted by Gasteiger charge is 2.03. The molecular weight excluding hydrogens is 294 g/mol. The van der Waals surface area contributed by atoms with Crippen LogP contribution in [-0.2, 0) is 0 Å². The van der Waals surface area contributed by atoms with Crippen molar-refractivity contribution in [2.45, 2.75) is 0 Å². The molecule has 16 heavy (non-hydrogen) atoms. The van der Waals surface area contributed by atoms with Gasteiger partial charge in [0.05, 0.1) is 5.69 Å². The first-order valence-electron chi connectivity index (χ1n) is 4.49. The highest BCUT2D eigenvalue weighted by Crippen LogP contribution is 2.23. The number of halogens is 3. The van der Waals surface area contributed by atoms with E-state index < -0.39 is 0 Å². The summed E-state index contributed by atoms with van der Waals surface area (Å²) in [6.07, 6.45) is 1.63. The second-order valence-electron chi connectivity index (χ2n) is 3.11. The van der Waals surface area contributed by atoms with E-state index in [2.05, 4.69) is 26.2 Å². The van der Waals surface area contributed by atoms with Gasteiger partial charge in [0.25, 0.3) is 0 Å². The lowest BCUT2D eigenvalue weighted by Crippen LogP contribution is -1.95. The van der Waals surface area contributed by atoms with Crippen molar-refractivity contribution in [3.63, 3.8) is 0 Å². The Morgan fingerprint density at radius 2 is 2.06 bits per heavy atom. The van der Waals surface area contributed by atoms with Crippen LogP contribution in [0.1, 0.15) is 0 Å². The number of hydrogen-bond acceptors (Lipinski definition) is 2. The van der Waals surface area contributed by atoms with Gasteiger partial charge in [-0.05, 0) is 46.3 Å². The predicted molar refractivity (Wildman–Crippen MR) is 66.6 cm³/mol. The highest BCUT2D eigenvalue weighted by molar-refractivity contribution is 9.10. The minimum Gasteiger partial charge on any atom is -0.338 e. The molecule has 1 heterocycles. The van der Waals surface area contributed by atoms with E-state index in [1.54, 1.807) is 12.3 Å². The van der Waals surface area contributed by atoms with Gasteiger partial charge in [-0.25, -0.2) is 9.37 Å². The van der Waals surface area contributed by atoms with Gasteiger partial charge in [0.2, 0.25) is 0 Å². The van der Waals surface area contributed by atoms with E-state index in [1.165, 1.54) is 18.2 Å². The van der Waals surface area contributed by atoms with Crippen molar-refractivity contribution in [2.24, 2.45) is 0 Å². The Hall–Kier alpha value is -1.13. The number of nitrogens with one attached hydrogen (secondary N) is 1. The maximum absolute atomic E-state index is 13.4. The summed E-state index contributed by atoms with van der Waals surface area (Å²) < 4.78 is 14.2. The molecule has 82 valence electrons. The summed E-state index contributed by atoms with van der Waals surface area (Å²) in [5, 5.41) is 3.32. The van der Waals surface area contributed by atoms with Crippen molar-refractivity contribution in [3.8, 4) is 0 Å². The van der Waals surface area contributed by atoms with E-state index in [1.807, 2.05) is 6.07 Å². The van der Waals surface area contributed by atoms with E-state index in [0.717, 1.165) is 4.47 Å². The van der Waals surface area contributed by atoms with Gasteiger partial charge >= 0.3 is 0 Å². The van der Waals surface area contributed by atoms with Gasteiger partial charge in [0, 0.05) is 15.7 Å². The summed E-state index contributed by atoms with van der Waals surface area (Å²) in [5.74, 6) is 0.193. The van der Waals surface area contributed by atoms with Crippen molar-refractivity contribution in [2.75, 3.05) is 5.32 Å². The molecule has 0 bridgehead atoms. The molecular formula is C11H7BrClFN2. The normalized spacial score (nSPS) is 10.2. The number of anilines is 2. The summed E-state index contributed by atoms with van der Waals surface area (Å²) in [4.78, 5) is 4.08. The molecule has 1 aromatic carbocycles. The van der Waals surface area contributed by atoms with Crippen LogP contribution < -0.4 is 5.32 Å². The van der Waals surface area contributed by atoms with Crippen molar-refractivity contribution < 1.29 is 4.39 Å². The van der Waals surface area contributed by atoms with Crippen molar-refractivity contribution >= 4 is 39.0 Å². The lowest BCUT2D eigenvalue weighted by Gasteiger charge is -2.06. The molecule has 1 N–H and O–H groups in total. The topological polar surface area (TPSA) is 24.9 Å². The minimum absolute atomic E-state index is 0.308. The Morgan fingerprint density at radius 1 is 1.25 bits per heavy atom. The predicted octanol–water partition coefficient (Wildman–Crippen LogP) is 4.38. The zero-order valence-electron chi connectivity index (χ0n) is 8.05. The van der Waals surface area contributed by atoms with Crippen molar-refractivity contribution in [1.82, 2.24) is 4.98 Å². The third-order valence-corrected chi connectivity index (χ3v) is 2.62. The first-order valence-corrected chi connectivity index (χ1v) is 5.66. The van der Waals surface area contributed by atoms with E-state index in [9.17, 15) is 4.39 Å². The average Bonchev–Trinajstić information content (AvgIpc) is 2.27. The summed E-state index contributed by atoms with van der Waals surface area (Å²) in [6, 6.07) is 7.88. The van der Waals surface area contributed by atoms with Gasteiger partial charge in [0.1, 0.15) is 11.6 Å². The maximum atomic E-state index is 13.4. The van der Waals surface area contributed by atoms with Gasteiger partial charge in [-0.3, -0.25) is 0 Å². The molecule has 5 heteroatoms.